The number of nitrogens with one attached hydrogen (secondary N) is 1. The van der Waals surface area contributed by atoms with Crippen LogP contribution in [0.1, 0.15) is 44.0 Å². The Bertz CT molecular complexity index is 1290. The number of hydrogen-bond acceptors (Lipinski definition) is 5. The van der Waals surface area contributed by atoms with Crippen molar-refractivity contribution in [3.05, 3.63) is 80.5 Å². The van der Waals surface area contributed by atoms with Crippen LogP contribution in [0.2, 0.25) is 4.34 Å². The van der Waals surface area contributed by atoms with Gasteiger partial charge in [-0.05, 0) is 54.3 Å². The van der Waals surface area contributed by atoms with Crippen molar-refractivity contribution in [3.63, 3.8) is 0 Å². The van der Waals surface area contributed by atoms with Gasteiger partial charge in [0, 0.05) is 25.3 Å². The van der Waals surface area contributed by atoms with Crippen molar-refractivity contribution in [2.24, 2.45) is 0 Å². The van der Waals surface area contributed by atoms with Crippen molar-refractivity contribution in [1.29, 1.82) is 0 Å². The van der Waals surface area contributed by atoms with Gasteiger partial charge in [-0.1, -0.05) is 35.9 Å². The van der Waals surface area contributed by atoms with Crippen LogP contribution in [-0.4, -0.2) is 40.4 Å². The summed E-state index contributed by atoms with van der Waals surface area (Å²) in [5.74, 6) is -0.761. The first-order valence-corrected chi connectivity index (χ1v) is 12.2. The highest BCUT2D eigenvalue weighted by atomic mass is 35.5. The van der Waals surface area contributed by atoms with Crippen LogP contribution in [-0.2, 0) is 17.9 Å². The minimum atomic E-state index is -0.967. The zero-order chi connectivity index (χ0) is 23.8. The number of thiophene rings is 1. The summed E-state index contributed by atoms with van der Waals surface area (Å²) in [4.78, 5) is 42.1. The van der Waals surface area contributed by atoms with Crippen molar-refractivity contribution >= 4 is 52.0 Å². The second-order valence-electron chi connectivity index (χ2n) is 8.38. The normalized spacial score (nSPS) is 17.8. The van der Waals surface area contributed by atoms with E-state index in [2.05, 4.69) is 5.32 Å². The Morgan fingerprint density at radius 2 is 1.97 bits per heavy atom. The molecule has 2 N–H and O–H groups in total. The number of hydrogen-bond donors (Lipinski definition) is 2. The van der Waals surface area contributed by atoms with Gasteiger partial charge in [0.1, 0.15) is 6.10 Å². The van der Waals surface area contributed by atoms with Crippen LogP contribution < -0.4 is 10.2 Å². The van der Waals surface area contributed by atoms with E-state index in [1.165, 1.54) is 11.3 Å². The molecule has 0 saturated carbocycles. The van der Waals surface area contributed by atoms with Gasteiger partial charge in [-0.25, -0.2) is 0 Å². The summed E-state index contributed by atoms with van der Waals surface area (Å²) >= 11 is 7.12. The van der Waals surface area contributed by atoms with Gasteiger partial charge in [-0.15, -0.1) is 11.3 Å². The molecule has 0 radical (unpaired) electrons. The minimum absolute atomic E-state index is 0.162. The summed E-state index contributed by atoms with van der Waals surface area (Å²) in [6.07, 6.45) is 0.253. The third-order valence-corrected chi connectivity index (χ3v) is 7.29. The van der Waals surface area contributed by atoms with Crippen molar-refractivity contribution in [3.8, 4) is 0 Å². The standard InChI is InChI=1S/C25H22ClN3O4S/c26-21-10-9-20(34-21)23(31)27-18-7-2-5-16-14-28(25(33)22(16)18)13-15-4-1-6-17(12-15)29-11-3-8-19(30)24(29)32/h1-2,4-7,9-10,12,19,30H,3,8,11,13-14H2,(H,27,31). The number of aliphatic hydroxyl groups excluding tert-OH is 1. The highest BCUT2D eigenvalue weighted by Crippen LogP contribution is 2.32. The van der Waals surface area contributed by atoms with Crippen LogP contribution >= 0.6 is 22.9 Å². The first-order chi connectivity index (χ1) is 16.4. The van der Waals surface area contributed by atoms with E-state index in [1.807, 2.05) is 36.4 Å². The molecule has 3 aromatic rings. The fourth-order valence-electron chi connectivity index (χ4n) is 4.43. The lowest BCUT2D eigenvalue weighted by molar-refractivity contribution is -0.128. The number of aliphatic hydroxyl groups is 1. The quantitative estimate of drug-likeness (QED) is 0.552. The van der Waals surface area contributed by atoms with Gasteiger partial charge in [0.25, 0.3) is 17.7 Å². The molecule has 1 atom stereocenters. The van der Waals surface area contributed by atoms with Gasteiger partial charge in [0.2, 0.25) is 0 Å². The number of halogens is 1. The van der Waals surface area contributed by atoms with Gasteiger partial charge >= 0.3 is 0 Å². The Hall–Kier alpha value is -3.20. The average Bonchev–Trinajstić information content (AvgIpc) is 3.40. The second kappa shape index (κ2) is 9.21. The number of amides is 3. The third-order valence-electron chi connectivity index (χ3n) is 6.06. The topological polar surface area (TPSA) is 90.0 Å². The largest absolute Gasteiger partial charge is 0.383 e. The van der Waals surface area contributed by atoms with Crippen molar-refractivity contribution in [1.82, 2.24) is 4.90 Å². The molecule has 2 aliphatic heterocycles. The molecule has 2 aliphatic rings. The molecule has 0 spiro atoms. The Morgan fingerprint density at radius 3 is 2.76 bits per heavy atom. The fourth-order valence-corrected chi connectivity index (χ4v) is 5.37. The van der Waals surface area contributed by atoms with Crippen molar-refractivity contribution in [2.45, 2.75) is 32.0 Å². The first-order valence-electron chi connectivity index (χ1n) is 11.0. The molecule has 9 heteroatoms. The van der Waals surface area contributed by atoms with E-state index in [0.29, 0.717) is 52.2 Å². The molecular weight excluding hydrogens is 474 g/mol. The van der Waals surface area contributed by atoms with Crippen molar-refractivity contribution in [2.75, 3.05) is 16.8 Å². The molecular formula is C25H22ClN3O4S. The average molecular weight is 496 g/mol. The monoisotopic (exact) mass is 495 g/mol. The zero-order valence-electron chi connectivity index (χ0n) is 18.2. The Labute approximate surface area is 205 Å². The molecule has 34 heavy (non-hydrogen) atoms. The van der Waals surface area contributed by atoms with E-state index in [1.54, 1.807) is 28.0 Å². The molecule has 5 rings (SSSR count). The lowest BCUT2D eigenvalue weighted by Gasteiger charge is -2.30. The summed E-state index contributed by atoms with van der Waals surface area (Å²) in [6.45, 7) is 1.35. The maximum Gasteiger partial charge on any atom is 0.265 e. The molecule has 1 saturated heterocycles. The van der Waals surface area contributed by atoms with Crippen LogP contribution in [0.15, 0.2) is 54.6 Å². The van der Waals surface area contributed by atoms with Gasteiger partial charge < -0.3 is 20.2 Å². The summed E-state index contributed by atoms with van der Waals surface area (Å²) in [5, 5.41) is 12.8. The van der Waals surface area contributed by atoms with Gasteiger partial charge in [-0.3, -0.25) is 14.4 Å². The van der Waals surface area contributed by atoms with Gasteiger partial charge in [0.05, 0.1) is 20.5 Å². The van der Waals surface area contributed by atoms with Crippen molar-refractivity contribution < 1.29 is 19.5 Å². The highest BCUT2D eigenvalue weighted by molar-refractivity contribution is 7.18. The smallest absolute Gasteiger partial charge is 0.265 e. The van der Waals surface area contributed by atoms with Crippen LogP contribution in [0.4, 0.5) is 11.4 Å². The maximum absolute atomic E-state index is 13.3. The summed E-state index contributed by atoms with van der Waals surface area (Å²) in [5.41, 5.74) is 3.40. The van der Waals surface area contributed by atoms with E-state index >= 15 is 0 Å². The molecule has 174 valence electrons. The summed E-state index contributed by atoms with van der Waals surface area (Å²) in [7, 11) is 0. The number of nitrogens with zero attached hydrogens (tertiary/aromatic N) is 2. The Kier molecular flexibility index (Phi) is 6.12. The SMILES string of the molecule is O=C(Nc1cccc2c1C(=O)N(Cc1cccc(N3CCCC(O)C3=O)c1)C2)c1ccc(Cl)s1. The number of benzene rings is 2. The molecule has 1 fully saturated rings. The van der Waals surface area contributed by atoms with E-state index < -0.39 is 6.10 Å². The fraction of sp³-hybridized carbons (Fsp3) is 0.240. The molecule has 3 amide bonds. The first kappa shape index (κ1) is 22.6. The maximum atomic E-state index is 13.3. The third kappa shape index (κ3) is 4.32. The minimum Gasteiger partial charge on any atom is -0.383 e. The number of fused-ring (bicyclic) bond motifs is 1. The molecule has 0 bridgehead atoms. The molecule has 7 nitrogen and oxygen atoms in total. The number of rotatable bonds is 5. The summed E-state index contributed by atoms with van der Waals surface area (Å²) in [6, 6.07) is 16.2. The lowest BCUT2D eigenvalue weighted by atomic mass is 10.1. The van der Waals surface area contributed by atoms with Gasteiger partial charge in [-0.2, -0.15) is 0 Å². The molecule has 1 aromatic heterocycles. The van der Waals surface area contributed by atoms with Gasteiger partial charge in [0.15, 0.2) is 0 Å². The Morgan fingerprint density at radius 1 is 1.15 bits per heavy atom. The van der Waals surface area contributed by atoms with Crippen LogP contribution in [0.25, 0.3) is 0 Å². The summed E-state index contributed by atoms with van der Waals surface area (Å²) < 4.78 is 0.522. The molecule has 3 heterocycles. The van der Waals surface area contributed by atoms with E-state index in [4.69, 9.17) is 11.6 Å². The lowest BCUT2D eigenvalue weighted by Crippen LogP contribution is -2.44. The van der Waals surface area contributed by atoms with E-state index in [0.717, 1.165) is 17.5 Å². The van der Waals surface area contributed by atoms with Crippen LogP contribution in [0.3, 0.4) is 0 Å². The predicted molar refractivity (Wildman–Crippen MR) is 131 cm³/mol. The molecule has 2 aromatic carbocycles. The number of carbonyl (C=O) groups is 3. The predicted octanol–water partition coefficient (Wildman–Crippen LogP) is 4.30. The van der Waals surface area contributed by atoms with E-state index in [9.17, 15) is 19.5 Å². The van der Waals surface area contributed by atoms with E-state index in [-0.39, 0.29) is 17.7 Å². The number of anilines is 2. The zero-order valence-corrected chi connectivity index (χ0v) is 19.7. The van der Waals surface area contributed by atoms with Crippen LogP contribution in [0, 0.1) is 0 Å². The Balaban J connectivity index is 1.33. The number of carbonyl (C=O) groups excluding carboxylic acids is 3. The van der Waals surface area contributed by atoms with Crippen LogP contribution in [0.5, 0.6) is 0 Å². The second-order valence-corrected chi connectivity index (χ2v) is 10.1. The molecule has 0 aliphatic carbocycles. The number of piperidine rings is 1. The molecule has 1 unspecified atom stereocenters. The highest BCUT2D eigenvalue weighted by Gasteiger charge is 2.31.